The topological polar surface area (TPSA) is 75.3 Å². The van der Waals surface area contributed by atoms with E-state index in [1.165, 1.54) is 24.3 Å². The molecule has 1 amide bonds. The molecule has 0 saturated heterocycles. The van der Waals surface area contributed by atoms with Gasteiger partial charge in [0.2, 0.25) is 0 Å². The van der Waals surface area contributed by atoms with Gasteiger partial charge >= 0.3 is 0 Å². The summed E-state index contributed by atoms with van der Waals surface area (Å²) in [4.78, 5) is 12.0. The lowest BCUT2D eigenvalue weighted by atomic mass is 9.87. The van der Waals surface area contributed by atoms with E-state index in [9.17, 15) is 13.2 Å². The van der Waals surface area contributed by atoms with Crippen molar-refractivity contribution in [2.45, 2.75) is 44.4 Å². The van der Waals surface area contributed by atoms with Gasteiger partial charge in [-0.15, -0.1) is 0 Å². The van der Waals surface area contributed by atoms with Crippen molar-refractivity contribution in [2.75, 3.05) is 11.3 Å². The lowest BCUT2D eigenvalue weighted by Gasteiger charge is -2.19. The third-order valence-electron chi connectivity index (χ3n) is 3.97. The lowest BCUT2D eigenvalue weighted by molar-refractivity contribution is 0.0953. The predicted molar refractivity (Wildman–Crippen MR) is 105 cm³/mol. The van der Waals surface area contributed by atoms with E-state index in [2.05, 4.69) is 30.8 Å². The number of sulfonamides is 1. The van der Waals surface area contributed by atoms with Crippen molar-refractivity contribution in [3.05, 3.63) is 59.7 Å². The molecule has 0 fully saturated rings. The van der Waals surface area contributed by atoms with Crippen molar-refractivity contribution in [2.24, 2.45) is 0 Å². The number of nitrogens with one attached hydrogen (secondary N) is 2. The zero-order valence-electron chi connectivity index (χ0n) is 15.7. The van der Waals surface area contributed by atoms with E-state index in [4.69, 9.17) is 0 Å². The Labute approximate surface area is 155 Å². The number of carbonyl (C=O) groups excluding carboxylic acids is 1. The number of hydrogen-bond acceptors (Lipinski definition) is 3. The molecule has 0 unspecified atom stereocenters. The molecule has 26 heavy (non-hydrogen) atoms. The monoisotopic (exact) mass is 374 g/mol. The molecule has 6 heteroatoms. The number of amides is 1. The van der Waals surface area contributed by atoms with Crippen LogP contribution in [0.3, 0.4) is 0 Å². The number of rotatable bonds is 6. The van der Waals surface area contributed by atoms with E-state index in [0.29, 0.717) is 17.8 Å². The van der Waals surface area contributed by atoms with Crippen LogP contribution in [0.25, 0.3) is 0 Å². The zero-order chi connectivity index (χ0) is 19.4. The Hall–Kier alpha value is -2.34. The van der Waals surface area contributed by atoms with Crippen LogP contribution in [0.15, 0.2) is 53.4 Å². The maximum Gasteiger partial charge on any atom is 0.261 e. The van der Waals surface area contributed by atoms with Gasteiger partial charge in [0, 0.05) is 17.8 Å². The summed E-state index contributed by atoms with van der Waals surface area (Å²) in [7, 11) is -3.70. The molecule has 0 heterocycles. The Morgan fingerprint density at radius 3 is 2.04 bits per heavy atom. The van der Waals surface area contributed by atoms with Gasteiger partial charge in [0.25, 0.3) is 15.9 Å². The first-order valence-electron chi connectivity index (χ1n) is 8.65. The van der Waals surface area contributed by atoms with E-state index in [1.807, 2.05) is 19.1 Å². The molecule has 0 aromatic heterocycles. The summed E-state index contributed by atoms with van der Waals surface area (Å²) < 4.78 is 27.6. The van der Waals surface area contributed by atoms with Gasteiger partial charge in [-0.2, -0.15) is 0 Å². The second-order valence-electron chi connectivity index (χ2n) is 7.21. The summed E-state index contributed by atoms with van der Waals surface area (Å²) >= 11 is 0. The van der Waals surface area contributed by atoms with Gasteiger partial charge in [0.05, 0.1) is 4.90 Å². The minimum atomic E-state index is -3.70. The predicted octanol–water partition coefficient (Wildman–Crippen LogP) is 3.92. The van der Waals surface area contributed by atoms with Crippen LogP contribution in [-0.4, -0.2) is 20.9 Å². The van der Waals surface area contributed by atoms with E-state index in [0.717, 1.165) is 12.0 Å². The fraction of sp³-hybridized carbons (Fsp3) is 0.350. The van der Waals surface area contributed by atoms with Crippen molar-refractivity contribution in [1.82, 2.24) is 5.32 Å². The first kappa shape index (κ1) is 20.0. The van der Waals surface area contributed by atoms with E-state index in [1.54, 1.807) is 12.1 Å². The van der Waals surface area contributed by atoms with Crippen molar-refractivity contribution in [3.8, 4) is 0 Å². The summed E-state index contributed by atoms with van der Waals surface area (Å²) in [6.45, 7) is 8.86. The van der Waals surface area contributed by atoms with Crippen LogP contribution in [0.4, 0.5) is 5.69 Å². The maximum atomic E-state index is 12.5. The van der Waals surface area contributed by atoms with Crippen molar-refractivity contribution >= 4 is 21.6 Å². The summed E-state index contributed by atoms with van der Waals surface area (Å²) in [5.74, 6) is -0.207. The van der Waals surface area contributed by atoms with Crippen LogP contribution in [0.2, 0.25) is 0 Å². The highest BCUT2D eigenvalue weighted by molar-refractivity contribution is 7.92. The summed E-state index contributed by atoms with van der Waals surface area (Å²) in [5, 5.41) is 2.76. The fourth-order valence-corrected chi connectivity index (χ4v) is 3.44. The average molecular weight is 375 g/mol. The minimum Gasteiger partial charge on any atom is -0.352 e. The number of benzene rings is 2. The van der Waals surface area contributed by atoms with E-state index >= 15 is 0 Å². The average Bonchev–Trinajstić information content (AvgIpc) is 2.59. The molecule has 2 N–H and O–H groups in total. The largest absolute Gasteiger partial charge is 0.352 e. The van der Waals surface area contributed by atoms with Gasteiger partial charge in [0.1, 0.15) is 0 Å². The molecule has 0 saturated carbocycles. The molecule has 0 radical (unpaired) electrons. The van der Waals surface area contributed by atoms with E-state index in [-0.39, 0.29) is 16.2 Å². The quantitative estimate of drug-likeness (QED) is 0.804. The SMILES string of the molecule is CCCNC(=O)c1ccc(S(=O)(=O)Nc2ccc(C(C)(C)C)cc2)cc1. The van der Waals surface area contributed by atoms with Gasteiger partial charge in [-0.3, -0.25) is 9.52 Å². The standard InChI is InChI=1S/C20H26N2O3S/c1-5-14-21-19(23)15-6-12-18(13-7-15)26(24,25)22-17-10-8-16(9-11-17)20(2,3)4/h6-13,22H,5,14H2,1-4H3,(H,21,23). The summed E-state index contributed by atoms with van der Waals surface area (Å²) in [6.07, 6.45) is 0.843. The van der Waals surface area contributed by atoms with Gasteiger partial charge in [-0.25, -0.2) is 8.42 Å². The second-order valence-corrected chi connectivity index (χ2v) is 8.90. The van der Waals surface area contributed by atoms with Crippen LogP contribution in [0.5, 0.6) is 0 Å². The highest BCUT2D eigenvalue weighted by Gasteiger charge is 2.17. The fourth-order valence-electron chi connectivity index (χ4n) is 2.38. The first-order chi connectivity index (χ1) is 12.1. The third-order valence-corrected chi connectivity index (χ3v) is 5.36. The van der Waals surface area contributed by atoms with Crippen LogP contribution in [-0.2, 0) is 15.4 Å². The van der Waals surface area contributed by atoms with Crippen molar-refractivity contribution in [3.63, 3.8) is 0 Å². The van der Waals surface area contributed by atoms with E-state index < -0.39 is 10.0 Å². The number of anilines is 1. The van der Waals surface area contributed by atoms with Crippen LogP contribution >= 0.6 is 0 Å². The molecule has 0 bridgehead atoms. The van der Waals surface area contributed by atoms with Crippen LogP contribution < -0.4 is 10.0 Å². The normalized spacial score (nSPS) is 11.8. The Bertz CT molecular complexity index is 849. The van der Waals surface area contributed by atoms with Crippen LogP contribution in [0.1, 0.15) is 50.0 Å². The Morgan fingerprint density at radius 1 is 0.962 bits per heavy atom. The van der Waals surface area contributed by atoms with Crippen molar-refractivity contribution < 1.29 is 13.2 Å². The van der Waals surface area contributed by atoms with Gasteiger partial charge in [-0.05, 0) is 53.8 Å². The molecular formula is C20H26N2O3S. The smallest absolute Gasteiger partial charge is 0.261 e. The molecule has 0 atom stereocenters. The minimum absolute atomic E-state index is 0.00554. The number of carbonyl (C=O) groups is 1. The zero-order valence-corrected chi connectivity index (χ0v) is 16.5. The molecule has 0 aliphatic heterocycles. The second kappa shape index (κ2) is 7.91. The Balaban J connectivity index is 2.13. The first-order valence-corrected chi connectivity index (χ1v) is 10.1. The van der Waals surface area contributed by atoms with Crippen molar-refractivity contribution in [1.29, 1.82) is 0 Å². The lowest BCUT2D eigenvalue weighted by Crippen LogP contribution is -2.24. The molecule has 0 aliphatic rings. The maximum absolute atomic E-state index is 12.5. The molecular weight excluding hydrogens is 348 g/mol. The highest BCUT2D eigenvalue weighted by atomic mass is 32.2. The van der Waals surface area contributed by atoms with Gasteiger partial charge < -0.3 is 5.32 Å². The molecule has 2 aromatic carbocycles. The summed E-state index contributed by atoms with van der Waals surface area (Å²) in [6, 6.07) is 13.2. The Morgan fingerprint density at radius 2 is 1.54 bits per heavy atom. The molecule has 2 rings (SSSR count). The van der Waals surface area contributed by atoms with Gasteiger partial charge in [-0.1, -0.05) is 39.8 Å². The Kier molecular flexibility index (Phi) is 6.08. The summed E-state index contributed by atoms with van der Waals surface area (Å²) in [5.41, 5.74) is 2.07. The molecule has 0 spiro atoms. The molecule has 0 aliphatic carbocycles. The molecule has 2 aromatic rings. The highest BCUT2D eigenvalue weighted by Crippen LogP contribution is 2.24. The van der Waals surface area contributed by atoms with Gasteiger partial charge in [0.15, 0.2) is 0 Å². The number of hydrogen-bond donors (Lipinski definition) is 2. The third kappa shape index (κ3) is 5.08. The van der Waals surface area contributed by atoms with Crippen LogP contribution in [0, 0.1) is 0 Å². The molecule has 5 nitrogen and oxygen atoms in total. The molecule has 140 valence electrons.